The van der Waals surface area contributed by atoms with E-state index in [2.05, 4.69) is 10.2 Å². The van der Waals surface area contributed by atoms with Crippen molar-refractivity contribution in [3.05, 3.63) is 36.0 Å². The maximum atomic E-state index is 10.6. The lowest BCUT2D eigenvalue weighted by molar-refractivity contribution is 0.0690. The van der Waals surface area contributed by atoms with E-state index in [4.69, 9.17) is 10.8 Å². The molecule has 16 heavy (non-hydrogen) atoms. The number of aromatic carboxylic acids is 1. The van der Waals surface area contributed by atoms with Crippen LogP contribution in [-0.2, 0) is 0 Å². The lowest BCUT2D eigenvalue weighted by Crippen LogP contribution is -1.95. The number of nitrogens with zero attached hydrogens (tertiary/aromatic N) is 1. The van der Waals surface area contributed by atoms with E-state index < -0.39 is 5.97 Å². The summed E-state index contributed by atoms with van der Waals surface area (Å²) in [7, 11) is 0. The number of benzene rings is 1. The van der Waals surface area contributed by atoms with Crippen LogP contribution in [0.5, 0.6) is 0 Å². The summed E-state index contributed by atoms with van der Waals surface area (Å²) < 4.78 is 0. The standard InChI is InChI=1S/C10H9N3O2.ClH/c11-7-3-1-6(2-4-7)8-5-9(10(14)15)13-12-8;/h1-5H,11H2,(H,12,13)(H,14,15);1H. The number of nitrogens with one attached hydrogen (secondary N) is 1. The fourth-order valence-corrected chi connectivity index (χ4v) is 1.23. The van der Waals surface area contributed by atoms with Gasteiger partial charge in [-0.25, -0.2) is 4.79 Å². The predicted octanol–water partition coefficient (Wildman–Crippen LogP) is 1.78. The number of rotatable bonds is 2. The third-order valence-electron chi connectivity index (χ3n) is 2.01. The Kier molecular flexibility index (Phi) is 3.52. The topological polar surface area (TPSA) is 92.0 Å². The number of hydrogen-bond donors (Lipinski definition) is 3. The van der Waals surface area contributed by atoms with Gasteiger partial charge in [0.1, 0.15) is 5.69 Å². The number of carbonyl (C=O) groups is 1. The van der Waals surface area contributed by atoms with Crippen molar-refractivity contribution in [2.45, 2.75) is 0 Å². The van der Waals surface area contributed by atoms with Gasteiger partial charge in [-0.3, -0.25) is 5.10 Å². The number of H-pyrrole nitrogens is 1. The van der Waals surface area contributed by atoms with Gasteiger partial charge in [-0.15, -0.1) is 12.4 Å². The van der Waals surface area contributed by atoms with Crippen molar-refractivity contribution in [1.29, 1.82) is 0 Å². The van der Waals surface area contributed by atoms with Gasteiger partial charge in [0.25, 0.3) is 0 Å². The molecule has 0 unspecified atom stereocenters. The Hall–Kier alpha value is -2.01. The van der Waals surface area contributed by atoms with E-state index in [0.717, 1.165) is 5.56 Å². The van der Waals surface area contributed by atoms with Crippen molar-refractivity contribution in [2.75, 3.05) is 5.73 Å². The Morgan fingerprint density at radius 2 is 1.94 bits per heavy atom. The molecule has 0 saturated heterocycles. The lowest BCUT2D eigenvalue weighted by Gasteiger charge is -1.95. The Morgan fingerprint density at radius 1 is 1.31 bits per heavy atom. The minimum Gasteiger partial charge on any atom is -0.477 e. The summed E-state index contributed by atoms with van der Waals surface area (Å²) in [6.07, 6.45) is 0. The van der Waals surface area contributed by atoms with Crippen LogP contribution in [0.15, 0.2) is 30.3 Å². The summed E-state index contributed by atoms with van der Waals surface area (Å²) in [5.74, 6) is -1.02. The summed E-state index contributed by atoms with van der Waals surface area (Å²) in [6.45, 7) is 0. The SMILES string of the molecule is Cl.Nc1ccc(-c2cc(C(=O)O)[nH]n2)cc1. The van der Waals surface area contributed by atoms with E-state index in [-0.39, 0.29) is 18.1 Å². The van der Waals surface area contributed by atoms with Gasteiger partial charge in [-0.05, 0) is 18.2 Å². The molecule has 0 aliphatic rings. The summed E-state index contributed by atoms with van der Waals surface area (Å²) in [4.78, 5) is 10.6. The minimum absolute atomic E-state index is 0. The molecular weight excluding hydrogens is 230 g/mol. The molecular formula is C10H10ClN3O2. The van der Waals surface area contributed by atoms with Crippen LogP contribution < -0.4 is 5.73 Å². The molecule has 1 heterocycles. The first-order valence-electron chi connectivity index (χ1n) is 4.31. The van der Waals surface area contributed by atoms with E-state index >= 15 is 0 Å². The summed E-state index contributed by atoms with van der Waals surface area (Å²) >= 11 is 0. The van der Waals surface area contributed by atoms with E-state index in [1.165, 1.54) is 6.07 Å². The molecule has 0 fully saturated rings. The van der Waals surface area contributed by atoms with Crippen LogP contribution in [0.4, 0.5) is 5.69 Å². The molecule has 0 atom stereocenters. The molecule has 2 rings (SSSR count). The third-order valence-corrected chi connectivity index (χ3v) is 2.01. The van der Waals surface area contributed by atoms with Gasteiger partial charge in [-0.2, -0.15) is 5.10 Å². The zero-order valence-corrected chi connectivity index (χ0v) is 8.99. The molecule has 0 radical (unpaired) electrons. The Labute approximate surface area is 97.7 Å². The van der Waals surface area contributed by atoms with Gasteiger partial charge in [0.05, 0.1) is 5.69 Å². The van der Waals surface area contributed by atoms with Gasteiger partial charge < -0.3 is 10.8 Å². The number of aromatic amines is 1. The van der Waals surface area contributed by atoms with Crippen LogP contribution in [0.2, 0.25) is 0 Å². The third kappa shape index (κ3) is 2.32. The minimum atomic E-state index is -1.02. The second-order valence-corrected chi connectivity index (χ2v) is 3.09. The van der Waals surface area contributed by atoms with Gasteiger partial charge in [-0.1, -0.05) is 12.1 Å². The zero-order chi connectivity index (χ0) is 10.8. The summed E-state index contributed by atoms with van der Waals surface area (Å²) in [6, 6.07) is 8.54. The molecule has 0 saturated carbocycles. The number of nitrogen functional groups attached to an aromatic ring is 1. The van der Waals surface area contributed by atoms with E-state index in [9.17, 15) is 4.79 Å². The number of aromatic nitrogens is 2. The maximum Gasteiger partial charge on any atom is 0.353 e. The number of carboxylic acid groups (broad SMARTS) is 1. The van der Waals surface area contributed by atoms with E-state index in [0.29, 0.717) is 11.4 Å². The van der Waals surface area contributed by atoms with Gasteiger partial charge >= 0.3 is 5.97 Å². The quantitative estimate of drug-likeness (QED) is 0.697. The summed E-state index contributed by atoms with van der Waals surface area (Å²) in [5, 5.41) is 15.0. The van der Waals surface area contributed by atoms with Gasteiger partial charge in [0.15, 0.2) is 0 Å². The average molecular weight is 240 g/mol. The Bertz CT molecular complexity index is 493. The van der Waals surface area contributed by atoms with Crippen LogP contribution in [-0.4, -0.2) is 21.3 Å². The maximum absolute atomic E-state index is 10.6. The number of anilines is 1. The van der Waals surface area contributed by atoms with Crippen LogP contribution in [0, 0.1) is 0 Å². The predicted molar refractivity (Wildman–Crippen MR) is 62.6 cm³/mol. The van der Waals surface area contributed by atoms with Crippen molar-refractivity contribution in [3.63, 3.8) is 0 Å². The Balaban J connectivity index is 0.00000128. The fraction of sp³-hybridized carbons (Fsp3) is 0. The second-order valence-electron chi connectivity index (χ2n) is 3.09. The highest BCUT2D eigenvalue weighted by Gasteiger charge is 2.08. The van der Waals surface area contributed by atoms with Gasteiger partial charge in [0, 0.05) is 11.3 Å². The molecule has 0 spiro atoms. The van der Waals surface area contributed by atoms with E-state index in [1.807, 2.05) is 0 Å². The zero-order valence-electron chi connectivity index (χ0n) is 8.18. The van der Waals surface area contributed by atoms with Crippen molar-refractivity contribution in [1.82, 2.24) is 10.2 Å². The molecule has 4 N–H and O–H groups in total. The van der Waals surface area contributed by atoms with Crippen molar-refractivity contribution >= 4 is 24.1 Å². The molecule has 5 nitrogen and oxygen atoms in total. The van der Waals surface area contributed by atoms with Crippen LogP contribution >= 0.6 is 12.4 Å². The second kappa shape index (κ2) is 4.67. The van der Waals surface area contributed by atoms with E-state index in [1.54, 1.807) is 24.3 Å². The van der Waals surface area contributed by atoms with Crippen LogP contribution in [0.3, 0.4) is 0 Å². The fourth-order valence-electron chi connectivity index (χ4n) is 1.23. The lowest BCUT2D eigenvalue weighted by atomic mass is 10.1. The van der Waals surface area contributed by atoms with Crippen molar-refractivity contribution in [2.24, 2.45) is 0 Å². The molecule has 0 aliphatic carbocycles. The summed E-state index contributed by atoms with van der Waals surface area (Å²) in [5.41, 5.74) is 7.68. The molecule has 0 bridgehead atoms. The number of nitrogens with two attached hydrogens (primary N) is 1. The van der Waals surface area contributed by atoms with Crippen LogP contribution in [0.25, 0.3) is 11.3 Å². The molecule has 0 aliphatic heterocycles. The smallest absolute Gasteiger partial charge is 0.353 e. The highest BCUT2D eigenvalue weighted by molar-refractivity contribution is 5.86. The monoisotopic (exact) mass is 239 g/mol. The number of hydrogen-bond acceptors (Lipinski definition) is 3. The highest BCUT2D eigenvalue weighted by Crippen LogP contribution is 2.18. The molecule has 1 aromatic heterocycles. The normalized spacial score (nSPS) is 9.50. The van der Waals surface area contributed by atoms with Gasteiger partial charge in [0.2, 0.25) is 0 Å². The molecule has 0 amide bonds. The highest BCUT2D eigenvalue weighted by atomic mass is 35.5. The first-order valence-corrected chi connectivity index (χ1v) is 4.31. The molecule has 6 heteroatoms. The van der Waals surface area contributed by atoms with Crippen molar-refractivity contribution in [3.8, 4) is 11.3 Å². The number of halogens is 1. The molecule has 84 valence electrons. The average Bonchev–Trinajstić information content (AvgIpc) is 2.68. The molecule has 1 aromatic carbocycles. The number of carboxylic acids is 1. The van der Waals surface area contributed by atoms with Crippen LogP contribution in [0.1, 0.15) is 10.5 Å². The van der Waals surface area contributed by atoms with Crippen molar-refractivity contribution < 1.29 is 9.90 Å². The first kappa shape index (κ1) is 12.1. The molecule has 2 aromatic rings. The Morgan fingerprint density at radius 3 is 2.44 bits per heavy atom. The first-order chi connectivity index (χ1) is 7.16. The largest absolute Gasteiger partial charge is 0.477 e.